The molecular weight excluding hydrogens is 410 g/mol. The van der Waals surface area contributed by atoms with E-state index in [1.54, 1.807) is 0 Å². The summed E-state index contributed by atoms with van der Waals surface area (Å²) in [5.41, 5.74) is 1.24. The van der Waals surface area contributed by atoms with E-state index in [0.29, 0.717) is 18.2 Å². The fourth-order valence-corrected chi connectivity index (χ4v) is 3.67. The van der Waals surface area contributed by atoms with Crippen molar-refractivity contribution in [3.05, 3.63) is 36.5 Å². The Morgan fingerprint density at radius 1 is 1.00 bits per heavy atom. The lowest BCUT2D eigenvalue weighted by Gasteiger charge is -2.18. The lowest BCUT2D eigenvalue weighted by atomic mass is 10.0. The van der Waals surface area contributed by atoms with Crippen molar-refractivity contribution in [3.63, 3.8) is 0 Å². The molecule has 32 heavy (non-hydrogen) atoms. The Kier molecular flexibility index (Phi) is 33.4. The van der Waals surface area contributed by atoms with Crippen LogP contribution in [0.15, 0.2) is 36.5 Å². The predicted molar refractivity (Wildman–Crippen MR) is 152 cm³/mol. The Bertz CT molecular complexity index is 452. The topological polar surface area (TPSA) is 33.1 Å². The number of unbranched alkanes of at least 4 members (excludes halogenated alkanes) is 5. The van der Waals surface area contributed by atoms with Crippen molar-refractivity contribution in [3.8, 4) is 0 Å². The van der Waals surface area contributed by atoms with E-state index in [1.807, 2.05) is 31.7 Å². The fraction of sp³-hybridized carbons (Fsp3) is 0.759. The molecular formula is C29H57NOS. The fourth-order valence-electron chi connectivity index (χ4n) is 2.74. The molecule has 0 aliphatic carbocycles. The van der Waals surface area contributed by atoms with Gasteiger partial charge in [-0.15, -0.1) is 0 Å². The molecule has 0 aliphatic heterocycles. The molecule has 3 heteroatoms. The minimum Gasteiger partial charge on any atom is -0.478 e. The molecule has 0 bridgehead atoms. The molecule has 0 fully saturated rings. The Labute approximate surface area is 207 Å². The van der Waals surface area contributed by atoms with Crippen LogP contribution in [0.2, 0.25) is 0 Å². The number of hydrogen-bond acceptors (Lipinski definition) is 3. The van der Waals surface area contributed by atoms with Gasteiger partial charge in [-0.3, -0.25) is 5.41 Å². The Hall–Kier alpha value is -0.960. The van der Waals surface area contributed by atoms with Gasteiger partial charge in [0.2, 0.25) is 0 Å². The van der Waals surface area contributed by atoms with Gasteiger partial charge in [-0.05, 0) is 31.3 Å². The first-order valence-corrected chi connectivity index (χ1v) is 14.4. The second kappa shape index (κ2) is 30.0. The highest BCUT2D eigenvalue weighted by Crippen LogP contribution is 2.14. The van der Waals surface area contributed by atoms with Gasteiger partial charge in [-0.25, -0.2) is 0 Å². The average Bonchev–Trinajstić information content (AvgIpc) is 2.80. The van der Waals surface area contributed by atoms with Crippen LogP contribution in [-0.4, -0.2) is 23.5 Å². The SMILES string of the molecule is C=C/C(=C\C=C/CCC)CSCCC(=N)OC(C)CC(C)CC.CC.CCCCCCC. The number of nitrogens with one attached hydrogen (secondary N) is 1. The third kappa shape index (κ3) is 29.0. The lowest BCUT2D eigenvalue weighted by molar-refractivity contribution is 0.169. The molecule has 0 radical (unpaired) electrons. The lowest BCUT2D eigenvalue weighted by Crippen LogP contribution is -2.17. The smallest absolute Gasteiger partial charge is 0.181 e. The summed E-state index contributed by atoms with van der Waals surface area (Å²) in [7, 11) is 0. The number of thioether (sulfide) groups is 1. The first-order chi connectivity index (χ1) is 15.4. The Balaban J connectivity index is -0.000000788. The van der Waals surface area contributed by atoms with E-state index in [-0.39, 0.29) is 6.10 Å². The van der Waals surface area contributed by atoms with Crippen molar-refractivity contribution in [1.82, 2.24) is 0 Å². The number of rotatable bonds is 17. The zero-order valence-electron chi connectivity index (χ0n) is 23.0. The predicted octanol–water partition coefficient (Wildman–Crippen LogP) is 10.4. The van der Waals surface area contributed by atoms with Gasteiger partial charge in [-0.2, -0.15) is 11.8 Å². The van der Waals surface area contributed by atoms with E-state index < -0.39 is 0 Å². The number of ether oxygens (including phenoxy) is 1. The maximum absolute atomic E-state index is 7.93. The van der Waals surface area contributed by atoms with Gasteiger partial charge in [0.1, 0.15) is 0 Å². The maximum Gasteiger partial charge on any atom is 0.181 e. The quantitative estimate of drug-likeness (QED) is 0.0998. The third-order valence-electron chi connectivity index (χ3n) is 4.89. The molecule has 0 saturated heterocycles. The molecule has 2 unspecified atom stereocenters. The van der Waals surface area contributed by atoms with Gasteiger partial charge in [0.15, 0.2) is 5.90 Å². The zero-order chi connectivity index (χ0) is 25.0. The van der Waals surface area contributed by atoms with Gasteiger partial charge in [-0.1, -0.05) is 124 Å². The molecule has 2 atom stereocenters. The summed E-state index contributed by atoms with van der Waals surface area (Å²) in [6.45, 7) is 21.0. The Morgan fingerprint density at radius 3 is 2.12 bits per heavy atom. The van der Waals surface area contributed by atoms with Crippen LogP contribution in [0.3, 0.4) is 0 Å². The summed E-state index contributed by atoms with van der Waals surface area (Å²) in [6.07, 6.45) is 20.7. The maximum atomic E-state index is 7.93. The summed E-state index contributed by atoms with van der Waals surface area (Å²) in [6, 6.07) is 0. The van der Waals surface area contributed by atoms with Crippen molar-refractivity contribution < 1.29 is 4.74 Å². The average molecular weight is 468 g/mol. The van der Waals surface area contributed by atoms with Crippen LogP contribution in [0.25, 0.3) is 0 Å². The summed E-state index contributed by atoms with van der Waals surface area (Å²) in [5, 5.41) is 7.93. The second-order valence-electron chi connectivity index (χ2n) is 8.13. The molecule has 0 amide bonds. The van der Waals surface area contributed by atoms with Crippen LogP contribution in [0, 0.1) is 11.3 Å². The number of hydrogen-bond donors (Lipinski definition) is 1. The van der Waals surface area contributed by atoms with Gasteiger partial charge < -0.3 is 4.74 Å². The summed E-state index contributed by atoms with van der Waals surface area (Å²) < 4.78 is 5.67. The van der Waals surface area contributed by atoms with E-state index in [9.17, 15) is 0 Å². The van der Waals surface area contributed by atoms with Gasteiger partial charge in [0, 0.05) is 17.9 Å². The van der Waals surface area contributed by atoms with Crippen molar-refractivity contribution >= 4 is 17.7 Å². The first-order valence-electron chi connectivity index (χ1n) is 13.2. The first kappa shape index (κ1) is 35.6. The Morgan fingerprint density at radius 2 is 1.62 bits per heavy atom. The van der Waals surface area contributed by atoms with Crippen LogP contribution < -0.4 is 0 Å². The van der Waals surface area contributed by atoms with E-state index >= 15 is 0 Å². The monoisotopic (exact) mass is 467 g/mol. The van der Waals surface area contributed by atoms with Crippen LogP contribution in [0.4, 0.5) is 0 Å². The van der Waals surface area contributed by atoms with Crippen molar-refractivity contribution in [2.24, 2.45) is 5.92 Å². The molecule has 2 nitrogen and oxygen atoms in total. The summed E-state index contributed by atoms with van der Waals surface area (Å²) >= 11 is 1.83. The van der Waals surface area contributed by atoms with Crippen LogP contribution in [-0.2, 0) is 4.74 Å². The standard InChI is InChI=1S/C20H35NOS.C7H16.C2H6/c1-6-9-10-11-12-19(8-3)16-23-14-13-20(21)22-18(5)15-17(4)7-2;1-3-5-7-6-4-2;1-2/h8,10-12,17-18,21H,3,6-7,9,13-16H2,1-2,4-5H3;3-7H2,1-2H3;1-2H3/b11-10-,19-12+,21-20?;;. The third-order valence-corrected chi connectivity index (χ3v) is 5.92. The van der Waals surface area contributed by atoms with Gasteiger partial charge in [0.25, 0.3) is 0 Å². The van der Waals surface area contributed by atoms with Crippen molar-refractivity contribution in [1.29, 1.82) is 5.41 Å². The molecule has 0 heterocycles. The minimum atomic E-state index is 0.148. The van der Waals surface area contributed by atoms with Crippen LogP contribution in [0.5, 0.6) is 0 Å². The highest BCUT2D eigenvalue weighted by molar-refractivity contribution is 7.99. The molecule has 0 spiro atoms. The molecule has 0 aromatic rings. The molecule has 0 aromatic heterocycles. The highest BCUT2D eigenvalue weighted by atomic mass is 32.2. The van der Waals surface area contributed by atoms with Crippen LogP contribution in [0.1, 0.15) is 120 Å². The molecule has 0 rings (SSSR count). The van der Waals surface area contributed by atoms with Crippen molar-refractivity contribution in [2.45, 2.75) is 126 Å². The largest absolute Gasteiger partial charge is 0.478 e. The second-order valence-corrected chi connectivity index (χ2v) is 9.23. The van der Waals surface area contributed by atoms with E-state index in [4.69, 9.17) is 10.1 Å². The van der Waals surface area contributed by atoms with Crippen LogP contribution >= 0.6 is 11.8 Å². The molecule has 0 aliphatic rings. The van der Waals surface area contributed by atoms with Gasteiger partial charge >= 0.3 is 0 Å². The molecule has 0 aromatic carbocycles. The summed E-state index contributed by atoms with van der Waals surface area (Å²) in [4.78, 5) is 0. The minimum absolute atomic E-state index is 0.148. The van der Waals surface area contributed by atoms with E-state index in [2.05, 4.69) is 66.3 Å². The van der Waals surface area contributed by atoms with Gasteiger partial charge in [0.05, 0.1) is 6.10 Å². The normalized spacial score (nSPS) is 12.8. The number of allylic oxidation sites excluding steroid dienone is 4. The highest BCUT2D eigenvalue weighted by Gasteiger charge is 2.10. The van der Waals surface area contributed by atoms with E-state index in [1.165, 1.54) is 50.5 Å². The zero-order valence-corrected chi connectivity index (χ0v) is 23.8. The molecule has 0 saturated carbocycles. The molecule has 1 N–H and O–H groups in total. The van der Waals surface area contributed by atoms with Crippen molar-refractivity contribution in [2.75, 3.05) is 11.5 Å². The molecule has 190 valence electrons. The van der Waals surface area contributed by atoms with E-state index in [0.717, 1.165) is 24.3 Å². The summed E-state index contributed by atoms with van der Waals surface area (Å²) in [5.74, 6) is 2.93.